The molecule has 0 saturated carbocycles. The molecule has 0 bridgehead atoms. The summed E-state index contributed by atoms with van der Waals surface area (Å²) in [5, 5.41) is 2.16. The van der Waals surface area contributed by atoms with E-state index in [1.165, 1.54) is 0 Å². The molecule has 130 valence electrons. The third kappa shape index (κ3) is 5.41. The van der Waals surface area contributed by atoms with Crippen LogP contribution in [0.1, 0.15) is 6.92 Å². The number of amides is 2. The molecule has 1 aromatic carbocycles. The van der Waals surface area contributed by atoms with Crippen LogP contribution in [0.2, 0.25) is 0 Å². The summed E-state index contributed by atoms with van der Waals surface area (Å²) in [6.45, 7) is 0.514. The van der Waals surface area contributed by atoms with E-state index in [1.54, 1.807) is 30.3 Å². The number of β-lactam (4-membered cyclic amide) rings is 1. The summed E-state index contributed by atoms with van der Waals surface area (Å²) < 4.78 is 42.6. The molecule has 1 saturated heterocycles. The van der Waals surface area contributed by atoms with Crippen LogP contribution in [-0.2, 0) is 29.4 Å². The van der Waals surface area contributed by atoms with Gasteiger partial charge in [-0.2, -0.15) is 0 Å². The average Bonchev–Trinajstić information content (AvgIpc) is 2.49. The molecule has 1 aromatic rings. The van der Waals surface area contributed by atoms with E-state index in [9.17, 15) is 27.4 Å². The van der Waals surface area contributed by atoms with Gasteiger partial charge in [0.05, 0.1) is 0 Å². The van der Waals surface area contributed by atoms with Crippen LogP contribution in [0.4, 0.5) is 0 Å². The number of esters is 1. The van der Waals surface area contributed by atoms with Gasteiger partial charge in [-0.3, -0.25) is 14.4 Å². The number of hydrogen-bond donors (Lipinski definition) is 1. The third-order valence-corrected chi connectivity index (χ3v) is 3.83. The molecule has 0 radical (unpaired) electrons. The molecule has 1 fully saturated rings. The summed E-state index contributed by atoms with van der Waals surface area (Å²) in [7, 11) is -5.16. The van der Waals surface area contributed by atoms with E-state index in [1.807, 2.05) is 0 Å². The van der Waals surface area contributed by atoms with Gasteiger partial charge >= 0.3 is 35.5 Å². The SMILES string of the molecule is CC(=O)O[C@H]1[C@H](NC(=O)COc2ccccc2)C(=O)N1S(=O)(=O)[O-].[Na+]. The van der Waals surface area contributed by atoms with Gasteiger partial charge in [-0.1, -0.05) is 18.2 Å². The van der Waals surface area contributed by atoms with Crippen LogP contribution in [0.5, 0.6) is 5.75 Å². The number of hydrogen-bond acceptors (Lipinski definition) is 8. The van der Waals surface area contributed by atoms with Crippen LogP contribution in [0.15, 0.2) is 30.3 Å². The fraction of sp³-hybridized carbons (Fsp3) is 0.308. The molecular formula is C13H13N2NaO8S. The Kier molecular flexibility index (Phi) is 7.38. The van der Waals surface area contributed by atoms with E-state index < -0.39 is 47.0 Å². The Morgan fingerprint density at radius 2 is 1.88 bits per heavy atom. The second-order valence-corrected chi connectivity index (χ2v) is 5.99. The fourth-order valence-corrected chi connectivity index (χ4v) is 2.73. The fourth-order valence-electron chi connectivity index (χ4n) is 1.97. The van der Waals surface area contributed by atoms with E-state index in [-0.39, 0.29) is 33.9 Å². The predicted octanol–water partition coefficient (Wildman–Crippen LogP) is -4.25. The van der Waals surface area contributed by atoms with Gasteiger partial charge in [0.1, 0.15) is 5.75 Å². The van der Waals surface area contributed by atoms with Crippen LogP contribution in [0, 0.1) is 0 Å². The number of para-hydroxylation sites is 1. The van der Waals surface area contributed by atoms with Crippen molar-refractivity contribution >= 4 is 28.1 Å². The second-order valence-electron chi connectivity index (χ2n) is 4.74. The zero-order chi connectivity index (χ0) is 17.9. The summed E-state index contributed by atoms with van der Waals surface area (Å²) in [5.41, 5.74) is 0. The van der Waals surface area contributed by atoms with Gasteiger partial charge in [0.25, 0.3) is 11.8 Å². The molecule has 0 spiro atoms. The Balaban J connectivity index is 0.00000312. The number of ether oxygens (including phenoxy) is 2. The number of benzene rings is 1. The van der Waals surface area contributed by atoms with Crippen LogP contribution >= 0.6 is 0 Å². The molecule has 2 atom stereocenters. The predicted molar refractivity (Wildman–Crippen MR) is 76.0 cm³/mol. The number of nitrogens with one attached hydrogen (secondary N) is 1. The minimum Gasteiger partial charge on any atom is -0.731 e. The maximum absolute atomic E-state index is 11.8. The minimum absolute atomic E-state index is 0. The van der Waals surface area contributed by atoms with Gasteiger partial charge in [0.2, 0.25) is 6.23 Å². The molecule has 0 aromatic heterocycles. The first-order chi connectivity index (χ1) is 11.2. The van der Waals surface area contributed by atoms with Crippen molar-refractivity contribution in [2.45, 2.75) is 19.2 Å². The molecule has 1 aliphatic rings. The Morgan fingerprint density at radius 1 is 1.28 bits per heavy atom. The van der Waals surface area contributed by atoms with Gasteiger partial charge < -0.3 is 19.3 Å². The standard InChI is InChI=1S/C13H14N2O8S.Na/c1-8(16)23-13-11(12(18)15(13)24(19,20)21)14-10(17)7-22-9-5-3-2-4-6-9;/h2-6,11,13H,7H2,1H3,(H,14,17)(H,19,20,21);/q;+1/p-1/t11-,13+;/m1./s1. The molecule has 25 heavy (non-hydrogen) atoms. The minimum atomic E-state index is -5.16. The molecule has 0 aliphatic carbocycles. The first-order valence-corrected chi connectivity index (χ1v) is 8.00. The van der Waals surface area contributed by atoms with Crippen molar-refractivity contribution in [2.75, 3.05) is 6.61 Å². The van der Waals surface area contributed by atoms with E-state index in [0.717, 1.165) is 6.92 Å². The van der Waals surface area contributed by atoms with Crippen molar-refractivity contribution in [3.05, 3.63) is 30.3 Å². The van der Waals surface area contributed by atoms with Crippen LogP contribution < -0.4 is 39.6 Å². The van der Waals surface area contributed by atoms with Gasteiger partial charge in [0.15, 0.2) is 23.0 Å². The number of carbonyl (C=O) groups is 3. The first kappa shape index (κ1) is 21.4. The summed E-state index contributed by atoms with van der Waals surface area (Å²) in [4.78, 5) is 34.5. The average molecular weight is 380 g/mol. The smallest absolute Gasteiger partial charge is 0.731 e. The first-order valence-electron chi connectivity index (χ1n) is 6.63. The Hall–Kier alpha value is -1.66. The van der Waals surface area contributed by atoms with E-state index >= 15 is 0 Å². The van der Waals surface area contributed by atoms with E-state index in [4.69, 9.17) is 4.74 Å². The van der Waals surface area contributed by atoms with Gasteiger partial charge in [-0.05, 0) is 12.1 Å². The van der Waals surface area contributed by atoms with Crippen LogP contribution in [-0.4, -0.2) is 53.9 Å². The van der Waals surface area contributed by atoms with Crippen molar-refractivity contribution in [1.82, 2.24) is 9.62 Å². The Labute approximate surface area is 165 Å². The summed E-state index contributed by atoms with van der Waals surface area (Å²) in [6, 6.07) is 6.88. The molecule has 2 rings (SSSR count). The van der Waals surface area contributed by atoms with Gasteiger partial charge in [-0.25, -0.2) is 12.7 Å². The van der Waals surface area contributed by atoms with Crippen molar-refractivity contribution in [3.8, 4) is 5.75 Å². The number of carbonyl (C=O) groups excluding carboxylic acids is 3. The van der Waals surface area contributed by atoms with Gasteiger partial charge in [0, 0.05) is 6.92 Å². The van der Waals surface area contributed by atoms with Gasteiger partial charge in [-0.15, -0.1) is 0 Å². The molecular weight excluding hydrogens is 367 g/mol. The summed E-state index contributed by atoms with van der Waals surface area (Å²) >= 11 is 0. The van der Waals surface area contributed by atoms with Crippen molar-refractivity contribution < 1.29 is 66.4 Å². The molecule has 2 amide bonds. The van der Waals surface area contributed by atoms with Crippen molar-refractivity contribution in [2.24, 2.45) is 0 Å². The quantitative estimate of drug-likeness (QED) is 0.226. The topological polar surface area (TPSA) is 142 Å². The maximum atomic E-state index is 11.8. The zero-order valence-corrected chi connectivity index (χ0v) is 16.2. The maximum Gasteiger partial charge on any atom is 1.00 e. The normalized spacial score (nSPS) is 19.3. The van der Waals surface area contributed by atoms with Crippen LogP contribution in [0.25, 0.3) is 0 Å². The Bertz CT molecular complexity index is 755. The molecule has 12 heteroatoms. The molecule has 1 aliphatic heterocycles. The van der Waals surface area contributed by atoms with Crippen molar-refractivity contribution in [3.63, 3.8) is 0 Å². The van der Waals surface area contributed by atoms with E-state index in [2.05, 4.69) is 10.1 Å². The number of nitrogens with zero attached hydrogens (tertiary/aromatic N) is 1. The van der Waals surface area contributed by atoms with Crippen molar-refractivity contribution in [1.29, 1.82) is 0 Å². The molecule has 10 nitrogen and oxygen atoms in total. The molecule has 1 heterocycles. The third-order valence-electron chi connectivity index (χ3n) is 2.96. The molecule has 0 unspecified atom stereocenters. The monoisotopic (exact) mass is 380 g/mol. The summed E-state index contributed by atoms with van der Waals surface area (Å²) in [6.07, 6.45) is -1.71. The van der Waals surface area contributed by atoms with E-state index in [0.29, 0.717) is 5.75 Å². The summed E-state index contributed by atoms with van der Waals surface area (Å²) in [5.74, 6) is -2.45. The second kappa shape index (κ2) is 8.63. The van der Waals surface area contributed by atoms with Crippen LogP contribution in [0.3, 0.4) is 0 Å². The Morgan fingerprint density at radius 3 is 2.40 bits per heavy atom. The number of rotatable bonds is 6. The molecule has 1 N–H and O–H groups in total. The zero-order valence-electron chi connectivity index (χ0n) is 13.4. The largest absolute Gasteiger partial charge is 1.00 e.